The molecular weight excluding hydrogens is 422 g/mol. The van der Waals surface area contributed by atoms with Crippen LogP contribution in [-0.4, -0.2) is 56.7 Å². The van der Waals surface area contributed by atoms with E-state index in [9.17, 15) is 22.8 Å². The van der Waals surface area contributed by atoms with Crippen molar-refractivity contribution in [3.05, 3.63) is 32.6 Å². The largest absolute Gasteiger partial charge is 0.348 e. The van der Waals surface area contributed by atoms with E-state index in [1.54, 1.807) is 22.0 Å². The average Bonchev–Trinajstić information content (AvgIpc) is 3.21. The lowest BCUT2D eigenvalue weighted by molar-refractivity contribution is 0.0900. The van der Waals surface area contributed by atoms with Crippen LogP contribution in [0.2, 0.25) is 0 Å². The number of hydrogen-bond acceptors (Lipinski definition) is 5. The van der Waals surface area contributed by atoms with Gasteiger partial charge in [0.2, 0.25) is 10.0 Å². The number of fused-ring (bicyclic) bond motifs is 3. The van der Waals surface area contributed by atoms with Crippen LogP contribution in [0.3, 0.4) is 0 Å². The van der Waals surface area contributed by atoms with Gasteiger partial charge in [0.25, 0.3) is 11.5 Å². The predicted molar refractivity (Wildman–Crippen MR) is 117 cm³/mol. The lowest BCUT2D eigenvalue weighted by Crippen LogP contribution is -2.52. The number of nitrogens with one attached hydrogen (secondary N) is 1. The number of rotatable bonds is 5. The van der Waals surface area contributed by atoms with E-state index in [-0.39, 0.29) is 24.0 Å². The highest BCUT2D eigenvalue weighted by Gasteiger charge is 2.45. The van der Waals surface area contributed by atoms with Crippen molar-refractivity contribution in [3.63, 3.8) is 0 Å². The molecule has 2 aliphatic rings. The summed E-state index contributed by atoms with van der Waals surface area (Å²) in [6.45, 7) is 2.45. The molecule has 1 N–H and O–H groups in total. The Morgan fingerprint density at radius 1 is 1.13 bits per heavy atom. The van der Waals surface area contributed by atoms with Gasteiger partial charge in [0.05, 0.1) is 11.6 Å². The molecule has 0 spiro atoms. The van der Waals surface area contributed by atoms with Crippen LogP contribution in [0, 0.1) is 0 Å². The maximum Gasteiger partial charge on any atom is 0.332 e. The third-order valence-electron chi connectivity index (χ3n) is 6.56. The molecule has 1 amide bonds. The molecule has 10 nitrogen and oxygen atoms in total. The Kier molecular flexibility index (Phi) is 5.37. The van der Waals surface area contributed by atoms with Crippen LogP contribution < -0.4 is 16.6 Å². The molecule has 11 heteroatoms. The van der Waals surface area contributed by atoms with Gasteiger partial charge in [-0.15, -0.1) is 0 Å². The van der Waals surface area contributed by atoms with Crippen molar-refractivity contribution in [2.24, 2.45) is 14.1 Å². The molecular formula is C20H29N5O5S. The van der Waals surface area contributed by atoms with E-state index in [2.05, 4.69) is 5.32 Å². The number of carbonyl (C=O) groups is 1. The number of carbonyl (C=O) groups excluding carboxylic acids is 1. The van der Waals surface area contributed by atoms with Crippen molar-refractivity contribution in [1.82, 2.24) is 23.3 Å². The van der Waals surface area contributed by atoms with Crippen LogP contribution in [0.4, 0.5) is 0 Å². The zero-order chi connectivity index (χ0) is 22.7. The number of sulfonamides is 1. The van der Waals surface area contributed by atoms with Gasteiger partial charge in [-0.05, 0) is 38.2 Å². The summed E-state index contributed by atoms with van der Waals surface area (Å²) in [7, 11) is -0.251. The number of hydrogen-bond donors (Lipinski definition) is 1. The highest BCUT2D eigenvalue weighted by Crippen LogP contribution is 2.37. The molecule has 170 valence electrons. The van der Waals surface area contributed by atoms with E-state index in [1.807, 2.05) is 6.92 Å². The van der Waals surface area contributed by atoms with Gasteiger partial charge in [0.15, 0.2) is 0 Å². The third-order valence-corrected chi connectivity index (χ3v) is 7.92. The molecule has 0 radical (unpaired) electrons. The number of aromatic nitrogens is 3. The topological polar surface area (TPSA) is 115 Å². The molecule has 31 heavy (non-hydrogen) atoms. The first-order chi connectivity index (χ1) is 14.5. The van der Waals surface area contributed by atoms with Crippen molar-refractivity contribution < 1.29 is 13.2 Å². The Morgan fingerprint density at radius 2 is 1.74 bits per heavy atom. The SMILES string of the molecule is CCCn1c(C(=O)NC2CC3CCC(C2)N3S(C)(=O)=O)cc2c(=O)n(C)c(=O)n(C)c21. The fraction of sp³-hybridized carbons (Fsp3) is 0.650. The lowest BCUT2D eigenvalue weighted by Gasteiger charge is -2.37. The molecule has 2 aromatic rings. The van der Waals surface area contributed by atoms with Gasteiger partial charge < -0.3 is 9.88 Å². The van der Waals surface area contributed by atoms with Gasteiger partial charge in [0, 0.05) is 38.8 Å². The summed E-state index contributed by atoms with van der Waals surface area (Å²) >= 11 is 0. The van der Waals surface area contributed by atoms with Gasteiger partial charge in [-0.1, -0.05) is 6.92 Å². The van der Waals surface area contributed by atoms with E-state index < -0.39 is 21.3 Å². The summed E-state index contributed by atoms with van der Waals surface area (Å²) in [4.78, 5) is 38.3. The minimum Gasteiger partial charge on any atom is -0.348 e. The first-order valence-electron chi connectivity index (χ1n) is 10.6. The summed E-state index contributed by atoms with van der Waals surface area (Å²) in [5.41, 5.74) is -0.0914. The maximum atomic E-state index is 13.2. The summed E-state index contributed by atoms with van der Waals surface area (Å²) in [5.74, 6) is -0.309. The van der Waals surface area contributed by atoms with Gasteiger partial charge in [-0.3, -0.25) is 18.7 Å². The lowest BCUT2D eigenvalue weighted by atomic mass is 9.99. The standard InChI is InChI=1S/C20H29N5O5S/c1-5-8-24-16(11-15-18(24)22(2)20(28)23(3)19(15)27)17(26)21-12-9-13-6-7-14(10-12)25(13)31(4,29)30/h11-14H,5-10H2,1-4H3,(H,21,26). The van der Waals surface area contributed by atoms with Gasteiger partial charge >= 0.3 is 5.69 Å². The molecule has 0 saturated carbocycles. The van der Waals surface area contributed by atoms with Crippen molar-refractivity contribution in [2.75, 3.05) is 6.26 Å². The highest BCUT2D eigenvalue weighted by atomic mass is 32.2. The van der Waals surface area contributed by atoms with E-state index in [0.717, 1.165) is 23.8 Å². The molecule has 2 bridgehead atoms. The molecule has 2 unspecified atom stereocenters. The highest BCUT2D eigenvalue weighted by molar-refractivity contribution is 7.88. The van der Waals surface area contributed by atoms with Crippen LogP contribution >= 0.6 is 0 Å². The zero-order valence-corrected chi connectivity index (χ0v) is 19.1. The fourth-order valence-corrected chi connectivity index (χ4v) is 6.80. The van der Waals surface area contributed by atoms with Crippen LogP contribution in [0.1, 0.15) is 49.5 Å². The Labute approximate surface area is 180 Å². The van der Waals surface area contributed by atoms with Crippen molar-refractivity contribution in [2.45, 2.75) is 63.7 Å². The number of piperidine rings is 1. The second-order valence-electron chi connectivity index (χ2n) is 8.74. The van der Waals surface area contributed by atoms with E-state index in [0.29, 0.717) is 36.1 Å². The Morgan fingerprint density at radius 3 is 2.29 bits per heavy atom. The Hall–Kier alpha value is -2.40. The van der Waals surface area contributed by atoms with Crippen LogP contribution in [0.5, 0.6) is 0 Å². The van der Waals surface area contributed by atoms with Crippen LogP contribution in [0.15, 0.2) is 15.7 Å². The molecule has 0 aliphatic carbocycles. The summed E-state index contributed by atoms with van der Waals surface area (Å²) in [6, 6.07) is 1.24. The van der Waals surface area contributed by atoms with Crippen molar-refractivity contribution >= 4 is 27.0 Å². The molecule has 2 aromatic heterocycles. The summed E-state index contributed by atoms with van der Waals surface area (Å²) < 4.78 is 30.0. The molecule has 4 rings (SSSR count). The average molecular weight is 452 g/mol. The predicted octanol–water partition coefficient (Wildman–Crippen LogP) is 0.134. The molecule has 2 saturated heterocycles. The van der Waals surface area contributed by atoms with Crippen LogP contribution in [0.25, 0.3) is 11.0 Å². The second-order valence-corrected chi connectivity index (χ2v) is 10.6. The summed E-state index contributed by atoms with van der Waals surface area (Å²) in [5, 5.41) is 3.39. The maximum absolute atomic E-state index is 13.2. The van der Waals surface area contributed by atoms with Gasteiger partial charge in [-0.25, -0.2) is 13.2 Å². The van der Waals surface area contributed by atoms with Crippen molar-refractivity contribution in [3.8, 4) is 0 Å². The normalized spacial score (nSPS) is 24.1. The smallest absolute Gasteiger partial charge is 0.332 e. The molecule has 4 heterocycles. The quantitative estimate of drug-likeness (QED) is 0.694. The van der Waals surface area contributed by atoms with Gasteiger partial charge in [0.1, 0.15) is 11.3 Å². The zero-order valence-electron chi connectivity index (χ0n) is 18.3. The minimum absolute atomic E-state index is 0.0892. The van der Waals surface area contributed by atoms with Crippen molar-refractivity contribution in [1.29, 1.82) is 0 Å². The second kappa shape index (κ2) is 7.63. The molecule has 2 aliphatic heterocycles. The Bertz CT molecular complexity index is 1260. The van der Waals surface area contributed by atoms with E-state index >= 15 is 0 Å². The number of aryl methyl sites for hydroxylation is 2. The summed E-state index contributed by atoms with van der Waals surface area (Å²) in [6.07, 6.45) is 4.72. The Balaban J connectivity index is 1.67. The minimum atomic E-state index is -3.27. The molecule has 0 aromatic carbocycles. The van der Waals surface area contributed by atoms with Gasteiger partial charge in [-0.2, -0.15) is 4.31 Å². The monoisotopic (exact) mass is 451 g/mol. The molecule has 2 fully saturated rings. The fourth-order valence-electron chi connectivity index (χ4n) is 5.33. The number of amides is 1. The van der Waals surface area contributed by atoms with E-state index in [1.165, 1.54) is 17.9 Å². The third kappa shape index (κ3) is 3.53. The van der Waals surface area contributed by atoms with Crippen LogP contribution in [-0.2, 0) is 30.7 Å². The first-order valence-corrected chi connectivity index (χ1v) is 12.5. The van der Waals surface area contributed by atoms with E-state index in [4.69, 9.17) is 0 Å². The molecule has 2 atom stereocenters. The first kappa shape index (κ1) is 21.8. The number of nitrogens with zero attached hydrogens (tertiary/aromatic N) is 4.